The molecule has 3 rings (SSSR count). The lowest BCUT2D eigenvalue weighted by Gasteiger charge is -2.27. The highest BCUT2D eigenvalue weighted by atomic mass is 28.2. The maximum Gasteiger partial charge on any atom is 0.0612 e. The van der Waals surface area contributed by atoms with E-state index < -0.39 is 0 Å². The fourth-order valence-electron chi connectivity index (χ4n) is 3.38. The Kier molecular flexibility index (Phi) is 3.86. The van der Waals surface area contributed by atoms with Crippen molar-refractivity contribution in [3.8, 4) is 0 Å². The molecule has 0 heterocycles. The zero-order valence-corrected chi connectivity index (χ0v) is 14.7. The van der Waals surface area contributed by atoms with Gasteiger partial charge >= 0.3 is 0 Å². The molecule has 1 aromatic rings. The molecule has 0 aliphatic heterocycles. The summed E-state index contributed by atoms with van der Waals surface area (Å²) in [4.78, 5) is 0. The maximum atomic E-state index is 2.44. The molecule has 0 radical (unpaired) electrons. The Morgan fingerprint density at radius 2 is 1.81 bits per heavy atom. The topological polar surface area (TPSA) is 0 Å². The smallest absolute Gasteiger partial charge is 0.0612 e. The standard InChI is InChI=1S/C20H24Si/c1-15-7-9-17(10-8-15)18-11-12-19(16(18)2)21-20(3)13-5-4-6-14-20/h4-11,13H,12,14,21H2,1-3H3. The molecule has 0 N–H and O–H groups in total. The predicted octanol–water partition coefficient (Wildman–Crippen LogP) is 4.92. The van der Waals surface area contributed by atoms with Gasteiger partial charge in [0.2, 0.25) is 0 Å². The van der Waals surface area contributed by atoms with Gasteiger partial charge in [-0.1, -0.05) is 72.3 Å². The first-order valence-electron chi connectivity index (χ1n) is 7.88. The summed E-state index contributed by atoms with van der Waals surface area (Å²) in [5.74, 6) is 0. The van der Waals surface area contributed by atoms with E-state index in [0.29, 0.717) is 5.04 Å². The van der Waals surface area contributed by atoms with Crippen LogP contribution in [0, 0.1) is 6.92 Å². The first-order valence-corrected chi connectivity index (χ1v) is 9.29. The van der Waals surface area contributed by atoms with Crippen molar-refractivity contribution in [2.45, 2.75) is 38.7 Å². The zero-order chi connectivity index (χ0) is 14.9. The number of allylic oxidation sites excluding steroid dienone is 8. The van der Waals surface area contributed by atoms with Gasteiger partial charge in [-0.15, -0.1) is 0 Å². The van der Waals surface area contributed by atoms with Gasteiger partial charge < -0.3 is 0 Å². The second-order valence-corrected chi connectivity index (χ2v) is 9.56. The number of rotatable bonds is 3. The first kappa shape index (κ1) is 14.3. The van der Waals surface area contributed by atoms with Crippen molar-refractivity contribution in [3.05, 3.63) is 76.5 Å². The molecule has 1 aromatic carbocycles. The van der Waals surface area contributed by atoms with E-state index in [2.05, 4.69) is 75.4 Å². The normalized spacial score (nSPS) is 25.2. The van der Waals surface area contributed by atoms with E-state index in [-0.39, 0.29) is 9.52 Å². The third-order valence-electron chi connectivity index (χ3n) is 4.80. The van der Waals surface area contributed by atoms with Crippen molar-refractivity contribution in [2.75, 3.05) is 0 Å². The van der Waals surface area contributed by atoms with E-state index in [4.69, 9.17) is 0 Å². The maximum absolute atomic E-state index is 2.44. The molecule has 0 saturated carbocycles. The minimum Gasteiger partial charge on any atom is -0.0840 e. The highest BCUT2D eigenvalue weighted by Crippen LogP contribution is 2.40. The number of aryl methyl sites for hydroxylation is 1. The lowest BCUT2D eigenvalue weighted by molar-refractivity contribution is 0.753. The summed E-state index contributed by atoms with van der Waals surface area (Å²) in [6.07, 6.45) is 14.0. The molecule has 0 fully saturated rings. The molecule has 1 unspecified atom stereocenters. The average Bonchev–Trinajstić information content (AvgIpc) is 2.82. The number of hydrogen-bond donors (Lipinski definition) is 0. The molecule has 0 bridgehead atoms. The fourth-order valence-corrected chi connectivity index (χ4v) is 5.67. The summed E-state index contributed by atoms with van der Waals surface area (Å²) >= 11 is 0. The van der Waals surface area contributed by atoms with Crippen LogP contribution in [0.25, 0.3) is 5.57 Å². The Labute approximate surface area is 130 Å². The van der Waals surface area contributed by atoms with Gasteiger partial charge in [-0.05, 0) is 48.4 Å². The van der Waals surface area contributed by atoms with Crippen LogP contribution in [0.3, 0.4) is 0 Å². The Morgan fingerprint density at radius 3 is 2.48 bits per heavy atom. The molecule has 0 amide bonds. The summed E-state index contributed by atoms with van der Waals surface area (Å²) in [6.45, 7) is 6.91. The predicted molar refractivity (Wildman–Crippen MR) is 96.3 cm³/mol. The largest absolute Gasteiger partial charge is 0.0840 e. The van der Waals surface area contributed by atoms with E-state index in [0.717, 1.165) is 0 Å². The first-order chi connectivity index (χ1) is 10.1. The molecule has 0 aromatic heterocycles. The van der Waals surface area contributed by atoms with E-state index in [9.17, 15) is 0 Å². The van der Waals surface area contributed by atoms with Crippen LogP contribution in [0.15, 0.2) is 65.4 Å². The molecule has 1 atom stereocenters. The van der Waals surface area contributed by atoms with E-state index >= 15 is 0 Å². The molecule has 21 heavy (non-hydrogen) atoms. The SMILES string of the molecule is CC1=C([SiH2]C2(C)C=CC=CC2)CC=C1c1ccc(C)cc1. The second kappa shape index (κ2) is 5.65. The molecule has 108 valence electrons. The van der Waals surface area contributed by atoms with Crippen LogP contribution < -0.4 is 0 Å². The van der Waals surface area contributed by atoms with Gasteiger partial charge in [0.25, 0.3) is 0 Å². The van der Waals surface area contributed by atoms with Crippen LogP contribution in [0.1, 0.15) is 37.8 Å². The summed E-state index contributed by atoms with van der Waals surface area (Å²) < 4.78 is 0. The van der Waals surface area contributed by atoms with Crippen molar-refractivity contribution in [2.24, 2.45) is 0 Å². The van der Waals surface area contributed by atoms with Gasteiger partial charge in [-0.3, -0.25) is 0 Å². The minimum absolute atomic E-state index is 0.257. The quantitative estimate of drug-likeness (QED) is 0.694. The van der Waals surface area contributed by atoms with Crippen LogP contribution in [-0.2, 0) is 0 Å². The van der Waals surface area contributed by atoms with Gasteiger partial charge in [-0.25, -0.2) is 0 Å². The number of benzene rings is 1. The third-order valence-corrected chi connectivity index (χ3v) is 7.37. The molecule has 0 saturated heterocycles. The molecular weight excluding hydrogens is 268 g/mol. The molecule has 2 aliphatic carbocycles. The van der Waals surface area contributed by atoms with Crippen molar-refractivity contribution in [3.63, 3.8) is 0 Å². The van der Waals surface area contributed by atoms with Gasteiger partial charge in [0.15, 0.2) is 0 Å². The van der Waals surface area contributed by atoms with Crippen LogP contribution in [0.5, 0.6) is 0 Å². The van der Waals surface area contributed by atoms with Crippen LogP contribution in [0.2, 0.25) is 5.04 Å². The van der Waals surface area contributed by atoms with Gasteiger partial charge in [-0.2, -0.15) is 0 Å². The van der Waals surface area contributed by atoms with Crippen molar-refractivity contribution in [1.29, 1.82) is 0 Å². The average molecular weight is 292 g/mol. The minimum atomic E-state index is -0.257. The molecular formula is C20H24Si. The van der Waals surface area contributed by atoms with Crippen LogP contribution in [0.4, 0.5) is 0 Å². The molecule has 1 heteroatoms. The summed E-state index contributed by atoms with van der Waals surface area (Å²) in [6, 6.07) is 8.96. The van der Waals surface area contributed by atoms with Crippen LogP contribution >= 0.6 is 0 Å². The Hall–Kier alpha value is -1.60. The highest BCUT2D eigenvalue weighted by Gasteiger charge is 2.26. The highest BCUT2D eigenvalue weighted by molar-refractivity contribution is 6.51. The summed E-state index contributed by atoms with van der Waals surface area (Å²) in [5.41, 5.74) is 5.73. The van der Waals surface area contributed by atoms with Crippen molar-refractivity contribution in [1.82, 2.24) is 0 Å². The molecule has 0 nitrogen and oxygen atoms in total. The third kappa shape index (κ3) is 3.03. The summed E-state index contributed by atoms with van der Waals surface area (Å²) in [5, 5.41) is 2.18. The monoisotopic (exact) mass is 292 g/mol. The summed E-state index contributed by atoms with van der Waals surface area (Å²) in [7, 11) is -0.257. The van der Waals surface area contributed by atoms with Crippen molar-refractivity contribution >= 4 is 15.1 Å². The molecule has 2 aliphatic rings. The fraction of sp³-hybridized carbons (Fsp3) is 0.300. The lowest BCUT2D eigenvalue weighted by atomic mass is 10.0. The van der Waals surface area contributed by atoms with Gasteiger partial charge in [0.05, 0.1) is 9.52 Å². The number of hydrogen-bond acceptors (Lipinski definition) is 0. The van der Waals surface area contributed by atoms with Crippen LogP contribution in [-0.4, -0.2) is 9.52 Å². The molecule has 0 spiro atoms. The van der Waals surface area contributed by atoms with E-state index in [1.807, 2.05) is 0 Å². The van der Waals surface area contributed by atoms with Gasteiger partial charge in [0, 0.05) is 0 Å². The van der Waals surface area contributed by atoms with E-state index in [1.165, 1.54) is 29.5 Å². The Morgan fingerprint density at radius 1 is 1.05 bits per heavy atom. The van der Waals surface area contributed by atoms with Gasteiger partial charge in [0.1, 0.15) is 0 Å². The Balaban J connectivity index is 1.81. The lowest BCUT2D eigenvalue weighted by Crippen LogP contribution is -2.17. The Bertz CT molecular complexity index is 656. The van der Waals surface area contributed by atoms with Crippen molar-refractivity contribution < 1.29 is 0 Å². The second-order valence-electron chi connectivity index (χ2n) is 6.74. The van der Waals surface area contributed by atoms with E-state index in [1.54, 1.807) is 10.8 Å². The zero-order valence-electron chi connectivity index (χ0n) is 13.3.